The van der Waals surface area contributed by atoms with Gasteiger partial charge in [-0.15, -0.1) is 0 Å². The minimum absolute atomic E-state index is 0.0968. The Balaban J connectivity index is 2.56. The minimum atomic E-state index is -0.878. The molecule has 0 amide bonds. The number of carbonyl (C=O) groups is 1. The van der Waals surface area contributed by atoms with E-state index in [2.05, 4.69) is 5.32 Å². The number of nitrogens with one attached hydrogen (secondary N) is 1. The van der Waals surface area contributed by atoms with E-state index in [1.165, 1.54) is 6.07 Å². The third kappa shape index (κ3) is 1.42. The van der Waals surface area contributed by atoms with Gasteiger partial charge >= 0.3 is 5.97 Å². The van der Waals surface area contributed by atoms with Crippen LogP contribution >= 0.6 is 0 Å². The Morgan fingerprint density at radius 2 is 2.13 bits per heavy atom. The van der Waals surface area contributed by atoms with Crippen molar-refractivity contribution in [3.05, 3.63) is 23.8 Å². The fourth-order valence-corrected chi connectivity index (χ4v) is 2.15. The van der Waals surface area contributed by atoms with Crippen LogP contribution in [-0.2, 0) is 4.79 Å². The minimum Gasteiger partial charge on any atom is -0.508 e. The molecule has 1 aromatic carbocycles. The molecule has 15 heavy (non-hydrogen) atoms. The summed E-state index contributed by atoms with van der Waals surface area (Å²) >= 11 is 0. The number of anilines is 1. The Bertz CT molecular complexity index is 426. The van der Waals surface area contributed by atoms with E-state index >= 15 is 0 Å². The van der Waals surface area contributed by atoms with E-state index < -0.39 is 17.4 Å². The second-order valence-electron chi connectivity index (χ2n) is 4.39. The molecule has 1 aromatic rings. The maximum atomic E-state index is 11.2. The Hall–Kier alpha value is -1.71. The molecule has 2 rings (SSSR count). The molecule has 1 aliphatic rings. The zero-order valence-electron chi connectivity index (χ0n) is 8.61. The van der Waals surface area contributed by atoms with Crippen molar-refractivity contribution in [2.45, 2.75) is 25.3 Å². The standard InChI is InChI=1S/C11H13NO3/c1-11(2)9(10(14)15)7-5-6(13)3-4-8(7)12-11/h3-5,9,12-13H,1-2H3,(H,14,15). The number of rotatable bonds is 1. The lowest BCUT2D eigenvalue weighted by Crippen LogP contribution is -2.36. The highest BCUT2D eigenvalue weighted by Crippen LogP contribution is 2.43. The van der Waals surface area contributed by atoms with Crippen LogP contribution in [0, 0.1) is 0 Å². The van der Waals surface area contributed by atoms with Gasteiger partial charge < -0.3 is 15.5 Å². The van der Waals surface area contributed by atoms with Crippen molar-refractivity contribution in [3.8, 4) is 5.75 Å². The van der Waals surface area contributed by atoms with Crippen LogP contribution in [0.15, 0.2) is 18.2 Å². The van der Waals surface area contributed by atoms with Crippen molar-refractivity contribution in [1.29, 1.82) is 0 Å². The van der Waals surface area contributed by atoms with Crippen molar-refractivity contribution in [2.75, 3.05) is 5.32 Å². The number of hydrogen-bond acceptors (Lipinski definition) is 3. The Labute approximate surface area is 87.6 Å². The van der Waals surface area contributed by atoms with Crippen molar-refractivity contribution in [2.24, 2.45) is 0 Å². The molecule has 0 saturated carbocycles. The van der Waals surface area contributed by atoms with Gasteiger partial charge in [-0.25, -0.2) is 0 Å². The van der Waals surface area contributed by atoms with Crippen molar-refractivity contribution >= 4 is 11.7 Å². The molecule has 1 heterocycles. The second-order valence-corrected chi connectivity index (χ2v) is 4.39. The molecule has 4 nitrogen and oxygen atoms in total. The molecule has 0 saturated heterocycles. The van der Waals surface area contributed by atoms with E-state index in [0.29, 0.717) is 5.56 Å². The van der Waals surface area contributed by atoms with Gasteiger partial charge in [0.15, 0.2) is 0 Å². The molecule has 1 aliphatic heterocycles. The van der Waals surface area contributed by atoms with Gasteiger partial charge in [-0.2, -0.15) is 0 Å². The van der Waals surface area contributed by atoms with Crippen LogP contribution in [0.2, 0.25) is 0 Å². The average molecular weight is 207 g/mol. The van der Waals surface area contributed by atoms with E-state index in [9.17, 15) is 9.90 Å². The monoisotopic (exact) mass is 207 g/mol. The van der Waals surface area contributed by atoms with Crippen LogP contribution in [-0.4, -0.2) is 21.7 Å². The summed E-state index contributed by atoms with van der Waals surface area (Å²) in [6, 6.07) is 4.76. The van der Waals surface area contributed by atoms with E-state index in [4.69, 9.17) is 5.11 Å². The summed E-state index contributed by atoms with van der Waals surface area (Å²) in [4.78, 5) is 11.2. The molecule has 0 bridgehead atoms. The van der Waals surface area contributed by atoms with Gasteiger partial charge in [-0.1, -0.05) is 0 Å². The summed E-state index contributed by atoms with van der Waals surface area (Å²) in [6.45, 7) is 3.67. The zero-order chi connectivity index (χ0) is 11.2. The molecule has 0 radical (unpaired) electrons. The van der Waals surface area contributed by atoms with Crippen LogP contribution in [0.5, 0.6) is 5.75 Å². The van der Waals surface area contributed by atoms with Crippen molar-refractivity contribution in [1.82, 2.24) is 0 Å². The van der Waals surface area contributed by atoms with Gasteiger partial charge in [-0.05, 0) is 37.6 Å². The normalized spacial score (nSPS) is 21.9. The van der Waals surface area contributed by atoms with Gasteiger partial charge in [0, 0.05) is 11.2 Å². The van der Waals surface area contributed by atoms with Crippen LogP contribution in [0.3, 0.4) is 0 Å². The fraction of sp³-hybridized carbons (Fsp3) is 0.364. The highest BCUT2D eigenvalue weighted by molar-refractivity contribution is 5.85. The third-order valence-electron chi connectivity index (χ3n) is 2.77. The summed E-state index contributed by atoms with van der Waals surface area (Å²) in [7, 11) is 0. The van der Waals surface area contributed by atoms with Crippen molar-refractivity contribution < 1.29 is 15.0 Å². The molecule has 4 heteroatoms. The van der Waals surface area contributed by atoms with Crippen LogP contribution in [0.4, 0.5) is 5.69 Å². The Morgan fingerprint density at radius 1 is 1.47 bits per heavy atom. The molecule has 1 atom stereocenters. The smallest absolute Gasteiger partial charge is 0.313 e. The molecule has 0 aliphatic carbocycles. The van der Waals surface area contributed by atoms with Crippen LogP contribution < -0.4 is 5.32 Å². The van der Waals surface area contributed by atoms with Gasteiger partial charge in [0.05, 0.1) is 0 Å². The first-order valence-corrected chi connectivity index (χ1v) is 4.76. The topological polar surface area (TPSA) is 69.6 Å². The molecule has 80 valence electrons. The maximum absolute atomic E-state index is 11.2. The lowest BCUT2D eigenvalue weighted by atomic mass is 9.86. The predicted octanol–water partition coefficient (Wildman–Crippen LogP) is 1.76. The number of benzene rings is 1. The SMILES string of the molecule is CC1(C)Nc2ccc(O)cc2C1C(=O)O. The van der Waals surface area contributed by atoms with Crippen molar-refractivity contribution in [3.63, 3.8) is 0 Å². The first kappa shape index (κ1) is 9.83. The number of phenols is 1. The zero-order valence-corrected chi connectivity index (χ0v) is 8.61. The average Bonchev–Trinajstić information content (AvgIpc) is 2.33. The number of aliphatic carboxylic acids is 1. The first-order chi connectivity index (χ1) is 6.92. The maximum Gasteiger partial charge on any atom is 0.313 e. The Morgan fingerprint density at radius 3 is 2.73 bits per heavy atom. The summed E-state index contributed by atoms with van der Waals surface area (Å²) in [5.74, 6) is -1.41. The van der Waals surface area contributed by atoms with Gasteiger partial charge in [0.1, 0.15) is 11.7 Å². The van der Waals surface area contributed by atoms with Gasteiger partial charge in [0.25, 0.3) is 0 Å². The lowest BCUT2D eigenvalue weighted by molar-refractivity contribution is -0.139. The third-order valence-corrected chi connectivity index (χ3v) is 2.77. The van der Waals surface area contributed by atoms with E-state index in [0.717, 1.165) is 5.69 Å². The van der Waals surface area contributed by atoms with E-state index in [1.807, 2.05) is 13.8 Å². The van der Waals surface area contributed by atoms with E-state index in [-0.39, 0.29) is 5.75 Å². The van der Waals surface area contributed by atoms with Crippen LogP contribution in [0.25, 0.3) is 0 Å². The van der Waals surface area contributed by atoms with Gasteiger partial charge in [-0.3, -0.25) is 4.79 Å². The molecule has 3 N–H and O–H groups in total. The molecule has 0 fully saturated rings. The highest BCUT2D eigenvalue weighted by atomic mass is 16.4. The predicted molar refractivity (Wildman–Crippen MR) is 56.2 cm³/mol. The lowest BCUT2D eigenvalue weighted by Gasteiger charge is -2.24. The summed E-state index contributed by atoms with van der Waals surface area (Å²) < 4.78 is 0. The highest BCUT2D eigenvalue weighted by Gasteiger charge is 2.43. The summed E-state index contributed by atoms with van der Waals surface area (Å²) in [5.41, 5.74) is 0.903. The summed E-state index contributed by atoms with van der Waals surface area (Å²) in [6.07, 6.45) is 0. The quantitative estimate of drug-likeness (QED) is 0.614. The number of fused-ring (bicyclic) bond motifs is 1. The first-order valence-electron chi connectivity index (χ1n) is 4.76. The fourth-order valence-electron chi connectivity index (χ4n) is 2.15. The summed E-state index contributed by atoms with van der Waals surface area (Å²) in [5, 5.41) is 21.7. The number of hydrogen-bond donors (Lipinski definition) is 3. The number of phenolic OH excluding ortho intramolecular Hbond substituents is 1. The number of aromatic hydroxyl groups is 1. The molecule has 1 unspecified atom stereocenters. The van der Waals surface area contributed by atoms with E-state index in [1.54, 1.807) is 12.1 Å². The second kappa shape index (κ2) is 2.89. The Kier molecular flexibility index (Phi) is 1.89. The molecule has 0 spiro atoms. The molecular weight excluding hydrogens is 194 g/mol. The largest absolute Gasteiger partial charge is 0.508 e. The number of carboxylic acids is 1. The van der Waals surface area contributed by atoms with Crippen LogP contribution in [0.1, 0.15) is 25.3 Å². The number of carboxylic acid groups (broad SMARTS) is 1. The molecule has 0 aromatic heterocycles. The molecular formula is C11H13NO3. The van der Waals surface area contributed by atoms with Gasteiger partial charge in [0.2, 0.25) is 0 Å².